The Morgan fingerprint density at radius 2 is 2.41 bits per heavy atom. The lowest BCUT2D eigenvalue weighted by Gasteiger charge is -2.19. The van der Waals surface area contributed by atoms with Gasteiger partial charge in [-0.15, -0.1) is 0 Å². The number of likely N-dealkylation sites (N-methyl/N-ethyl adjacent to an activating group) is 1. The topological polar surface area (TPSA) is 50.8 Å². The van der Waals surface area contributed by atoms with Crippen LogP contribution in [0.1, 0.15) is 19.3 Å². The zero-order valence-electron chi connectivity index (χ0n) is 10.9. The first-order valence-electron chi connectivity index (χ1n) is 6.28. The minimum absolute atomic E-state index is 0.0709. The number of amides is 1. The summed E-state index contributed by atoms with van der Waals surface area (Å²) in [6.07, 6.45) is 3.42. The van der Waals surface area contributed by atoms with Crippen molar-refractivity contribution in [1.82, 2.24) is 10.2 Å². The molecule has 1 aliphatic heterocycles. The summed E-state index contributed by atoms with van der Waals surface area (Å²) in [5.74, 6) is 0.0709. The quantitative estimate of drug-likeness (QED) is 0.622. The van der Waals surface area contributed by atoms with E-state index in [0.717, 1.165) is 32.4 Å². The summed E-state index contributed by atoms with van der Waals surface area (Å²) < 4.78 is 10.4. The molecule has 1 N–H and O–H groups in total. The molecule has 5 heteroatoms. The maximum atomic E-state index is 11.6. The Morgan fingerprint density at radius 1 is 1.59 bits per heavy atom. The van der Waals surface area contributed by atoms with E-state index in [4.69, 9.17) is 9.47 Å². The van der Waals surface area contributed by atoms with Gasteiger partial charge in [0.2, 0.25) is 5.91 Å². The molecule has 1 saturated heterocycles. The Hall–Kier alpha value is -0.650. The van der Waals surface area contributed by atoms with Crippen LogP contribution >= 0.6 is 0 Å². The van der Waals surface area contributed by atoms with E-state index in [1.165, 1.54) is 0 Å². The maximum absolute atomic E-state index is 11.6. The monoisotopic (exact) mass is 244 g/mol. The van der Waals surface area contributed by atoms with Crippen LogP contribution in [0, 0.1) is 0 Å². The molecule has 0 aromatic rings. The highest BCUT2D eigenvalue weighted by Gasteiger charge is 2.18. The summed E-state index contributed by atoms with van der Waals surface area (Å²) in [6.45, 7) is 3.51. The molecule has 1 fully saturated rings. The third kappa shape index (κ3) is 6.61. The van der Waals surface area contributed by atoms with E-state index >= 15 is 0 Å². The molecule has 0 bridgehead atoms. The van der Waals surface area contributed by atoms with E-state index in [2.05, 4.69) is 5.32 Å². The zero-order chi connectivity index (χ0) is 12.5. The van der Waals surface area contributed by atoms with E-state index in [1.54, 1.807) is 7.11 Å². The van der Waals surface area contributed by atoms with Crippen molar-refractivity contribution >= 4 is 5.91 Å². The summed E-state index contributed by atoms with van der Waals surface area (Å²) in [4.78, 5) is 13.6. The Kier molecular flexibility index (Phi) is 7.16. The van der Waals surface area contributed by atoms with Crippen LogP contribution in [0.25, 0.3) is 0 Å². The predicted octanol–water partition coefficient (Wildman–Crippen LogP) is 0.250. The minimum Gasteiger partial charge on any atom is -0.385 e. The SMILES string of the molecule is COCCCNC(=O)CN(C)CC1CCCO1. The average molecular weight is 244 g/mol. The number of hydrogen-bond acceptors (Lipinski definition) is 4. The van der Waals surface area contributed by atoms with Crippen LogP contribution in [0.4, 0.5) is 0 Å². The summed E-state index contributed by atoms with van der Waals surface area (Å²) in [5.41, 5.74) is 0. The Morgan fingerprint density at radius 3 is 3.06 bits per heavy atom. The van der Waals surface area contributed by atoms with Crippen molar-refractivity contribution in [2.75, 3.05) is 47.0 Å². The lowest BCUT2D eigenvalue weighted by molar-refractivity contribution is -0.122. The molecular formula is C12H24N2O3. The third-order valence-electron chi connectivity index (χ3n) is 2.80. The number of rotatable bonds is 8. The lowest BCUT2D eigenvalue weighted by atomic mass is 10.2. The first-order chi connectivity index (χ1) is 8.22. The second-order valence-electron chi connectivity index (χ2n) is 4.53. The van der Waals surface area contributed by atoms with Crippen LogP contribution in [-0.2, 0) is 14.3 Å². The van der Waals surface area contributed by atoms with Gasteiger partial charge in [-0.3, -0.25) is 9.69 Å². The van der Waals surface area contributed by atoms with Crippen LogP contribution in [0.5, 0.6) is 0 Å². The largest absolute Gasteiger partial charge is 0.385 e. The predicted molar refractivity (Wildman–Crippen MR) is 66.0 cm³/mol. The fourth-order valence-corrected chi connectivity index (χ4v) is 1.95. The number of hydrogen-bond donors (Lipinski definition) is 1. The molecule has 100 valence electrons. The normalized spacial score (nSPS) is 19.8. The minimum atomic E-state index is 0.0709. The van der Waals surface area contributed by atoms with Gasteiger partial charge in [-0.2, -0.15) is 0 Å². The van der Waals surface area contributed by atoms with E-state index < -0.39 is 0 Å². The molecule has 0 saturated carbocycles. The van der Waals surface area contributed by atoms with Crippen molar-refractivity contribution in [2.45, 2.75) is 25.4 Å². The van der Waals surface area contributed by atoms with Gasteiger partial charge >= 0.3 is 0 Å². The number of carbonyl (C=O) groups excluding carboxylic acids is 1. The molecule has 0 aromatic heterocycles. The summed E-state index contributed by atoms with van der Waals surface area (Å²) in [5, 5.41) is 2.87. The molecule has 1 heterocycles. The van der Waals surface area contributed by atoms with Crippen molar-refractivity contribution in [1.29, 1.82) is 0 Å². The van der Waals surface area contributed by atoms with Gasteiger partial charge < -0.3 is 14.8 Å². The van der Waals surface area contributed by atoms with Crippen LogP contribution in [0.3, 0.4) is 0 Å². The van der Waals surface area contributed by atoms with Gasteiger partial charge in [0, 0.05) is 33.4 Å². The smallest absolute Gasteiger partial charge is 0.234 e. The van der Waals surface area contributed by atoms with Crippen molar-refractivity contribution in [3.05, 3.63) is 0 Å². The van der Waals surface area contributed by atoms with E-state index in [1.807, 2.05) is 11.9 Å². The maximum Gasteiger partial charge on any atom is 0.234 e. The van der Waals surface area contributed by atoms with Crippen LogP contribution < -0.4 is 5.32 Å². The number of nitrogens with one attached hydrogen (secondary N) is 1. The highest BCUT2D eigenvalue weighted by molar-refractivity contribution is 5.77. The van der Waals surface area contributed by atoms with Gasteiger partial charge in [-0.05, 0) is 26.3 Å². The number of ether oxygens (including phenoxy) is 2. The summed E-state index contributed by atoms with van der Waals surface area (Å²) in [7, 11) is 3.62. The average Bonchev–Trinajstić information content (AvgIpc) is 2.77. The van der Waals surface area contributed by atoms with Crippen LogP contribution in [0.2, 0.25) is 0 Å². The Bertz CT molecular complexity index is 218. The molecule has 1 unspecified atom stereocenters. The van der Waals surface area contributed by atoms with Gasteiger partial charge in [0.1, 0.15) is 0 Å². The van der Waals surface area contributed by atoms with Gasteiger partial charge in [0.15, 0.2) is 0 Å². The second-order valence-corrected chi connectivity index (χ2v) is 4.53. The molecule has 0 aromatic carbocycles. The van der Waals surface area contributed by atoms with Gasteiger partial charge in [0.05, 0.1) is 12.6 Å². The zero-order valence-corrected chi connectivity index (χ0v) is 10.9. The van der Waals surface area contributed by atoms with Crippen molar-refractivity contribution in [3.8, 4) is 0 Å². The van der Waals surface area contributed by atoms with E-state index in [-0.39, 0.29) is 5.91 Å². The standard InChI is InChI=1S/C12H24N2O3/c1-14(9-11-5-3-8-17-11)10-12(15)13-6-4-7-16-2/h11H,3-10H2,1-2H3,(H,13,15). The molecule has 1 amide bonds. The number of methoxy groups -OCH3 is 1. The molecule has 1 rings (SSSR count). The summed E-state index contributed by atoms with van der Waals surface area (Å²) >= 11 is 0. The Balaban J connectivity index is 2.03. The molecule has 0 radical (unpaired) electrons. The highest BCUT2D eigenvalue weighted by atomic mass is 16.5. The van der Waals surface area contributed by atoms with Crippen molar-refractivity contribution in [2.24, 2.45) is 0 Å². The molecule has 0 aliphatic carbocycles. The van der Waals surface area contributed by atoms with Crippen molar-refractivity contribution < 1.29 is 14.3 Å². The van der Waals surface area contributed by atoms with Gasteiger partial charge in [-0.1, -0.05) is 0 Å². The molecule has 1 aliphatic rings. The van der Waals surface area contributed by atoms with Gasteiger partial charge in [-0.25, -0.2) is 0 Å². The third-order valence-corrected chi connectivity index (χ3v) is 2.80. The number of nitrogens with zero attached hydrogens (tertiary/aromatic N) is 1. The fourth-order valence-electron chi connectivity index (χ4n) is 1.95. The van der Waals surface area contributed by atoms with Crippen molar-refractivity contribution in [3.63, 3.8) is 0 Å². The highest BCUT2D eigenvalue weighted by Crippen LogP contribution is 2.12. The molecule has 17 heavy (non-hydrogen) atoms. The molecule has 1 atom stereocenters. The van der Waals surface area contributed by atoms with E-state index in [9.17, 15) is 4.79 Å². The van der Waals surface area contributed by atoms with Crippen LogP contribution in [0.15, 0.2) is 0 Å². The van der Waals surface area contributed by atoms with Gasteiger partial charge in [0.25, 0.3) is 0 Å². The lowest BCUT2D eigenvalue weighted by Crippen LogP contribution is -2.39. The fraction of sp³-hybridized carbons (Fsp3) is 0.917. The van der Waals surface area contributed by atoms with Crippen LogP contribution in [-0.4, -0.2) is 63.9 Å². The number of carbonyl (C=O) groups is 1. The summed E-state index contributed by atoms with van der Waals surface area (Å²) in [6, 6.07) is 0. The Labute approximate surface area is 103 Å². The first kappa shape index (κ1) is 14.4. The second kappa shape index (κ2) is 8.44. The molecule has 0 spiro atoms. The first-order valence-corrected chi connectivity index (χ1v) is 6.28. The molecular weight excluding hydrogens is 220 g/mol. The molecule has 5 nitrogen and oxygen atoms in total. The van der Waals surface area contributed by atoms with E-state index in [0.29, 0.717) is 25.8 Å².